The summed E-state index contributed by atoms with van der Waals surface area (Å²) in [5.41, 5.74) is 0.990. The van der Waals surface area contributed by atoms with Crippen molar-refractivity contribution in [3.8, 4) is 0 Å². The Bertz CT molecular complexity index is 434. The van der Waals surface area contributed by atoms with Crippen LogP contribution in [0.2, 0.25) is 10.2 Å². The van der Waals surface area contributed by atoms with Gasteiger partial charge in [-0.1, -0.05) is 23.2 Å². The summed E-state index contributed by atoms with van der Waals surface area (Å²) in [6, 6.07) is 5.53. The van der Waals surface area contributed by atoms with Crippen molar-refractivity contribution in [2.75, 3.05) is 0 Å². The lowest BCUT2D eigenvalue weighted by molar-refractivity contribution is 0.797. The minimum absolute atomic E-state index is 0.495. The van der Waals surface area contributed by atoms with Gasteiger partial charge >= 0.3 is 0 Å². The fourth-order valence-electron chi connectivity index (χ4n) is 1.20. The maximum atomic E-state index is 5.86. The van der Waals surface area contributed by atoms with E-state index in [1.807, 2.05) is 25.2 Å². The number of fused-ring (bicyclic) bond motifs is 1. The van der Waals surface area contributed by atoms with E-state index in [1.54, 1.807) is 4.68 Å². The molecule has 1 aromatic carbocycles. The highest BCUT2D eigenvalue weighted by Gasteiger charge is 2.05. The first-order chi connectivity index (χ1) is 5.68. The summed E-state index contributed by atoms with van der Waals surface area (Å²) in [5, 5.41) is 6.12. The third kappa shape index (κ3) is 1.08. The van der Waals surface area contributed by atoms with E-state index in [2.05, 4.69) is 5.10 Å². The molecule has 0 fully saturated rings. The molecule has 0 aliphatic carbocycles. The maximum Gasteiger partial charge on any atom is 0.158 e. The molecule has 0 saturated carbocycles. The van der Waals surface area contributed by atoms with Crippen LogP contribution in [0.3, 0.4) is 0 Å². The van der Waals surface area contributed by atoms with Crippen LogP contribution in [-0.4, -0.2) is 9.78 Å². The second-order valence-corrected chi connectivity index (χ2v) is 3.37. The van der Waals surface area contributed by atoms with Crippen molar-refractivity contribution in [3.05, 3.63) is 28.4 Å². The van der Waals surface area contributed by atoms with Crippen LogP contribution in [0, 0.1) is 0 Å². The number of hydrogen-bond acceptors (Lipinski definition) is 1. The van der Waals surface area contributed by atoms with E-state index in [9.17, 15) is 0 Å². The zero-order valence-corrected chi connectivity index (χ0v) is 7.89. The molecule has 4 heteroatoms. The largest absolute Gasteiger partial charge is 0.266 e. The standard InChI is InChI=1S/C8H6Cl2N2/c1-12-7-3-2-5(9)4-6(7)8(10)11-12/h2-4H,1H3. The number of aromatic nitrogens is 2. The lowest BCUT2D eigenvalue weighted by Crippen LogP contribution is -1.87. The lowest BCUT2D eigenvalue weighted by Gasteiger charge is -1.92. The molecule has 12 heavy (non-hydrogen) atoms. The molecule has 0 unspecified atom stereocenters. The number of halogens is 2. The Morgan fingerprint density at radius 2 is 2.08 bits per heavy atom. The van der Waals surface area contributed by atoms with Crippen LogP contribution in [0.15, 0.2) is 18.2 Å². The van der Waals surface area contributed by atoms with Gasteiger partial charge in [0.15, 0.2) is 5.15 Å². The van der Waals surface area contributed by atoms with Crippen molar-refractivity contribution in [1.29, 1.82) is 0 Å². The Labute approximate surface area is 79.7 Å². The Hall–Kier alpha value is -0.730. The fourth-order valence-corrected chi connectivity index (χ4v) is 1.63. The van der Waals surface area contributed by atoms with E-state index in [1.165, 1.54) is 0 Å². The molecule has 0 radical (unpaired) electrons. The van der Waals surface area contributed by atoms with Crippen LogP contribution in [0.1, 0.15) is 0 Å². The highest BCUT2D eigenvalue weighted by molar-refractivity contribution is 6.35. The number of hydrogen-bond donors (Lipinski definition) is 0. The Morgan fingerprint density at radius 3 is 2.83 bits per heavy atom. The van der Waals surface area contributed by atoms with Gasteiger partial charge in [0.05, 0.1) is 5.52 Å². The summed E-state index contributed by atoms with van der Waals surface area (Å²) in [6.07, 6.45) is 0. The van der Waals surface area contributed by atoms with Gasteiger partial charge < -0.3 is 0 Å². The van der Waals surface area contributed by atoms with Gasteiger partial charge in [0.1, 0.15) is 0 Å². The molecule has 2 aromatic rings. The van der Waals surface area contributed by atoms with Crippen molar-refractivity contribution in [3.63, 3.8) is 0 Å². The highest BCUT2D eigenvalue weighted by Crippen LogP contribution is 2.24. The van der Waals surface area contributed by atoms with Gasteiger partial charge in [0, 0.05) is 17.5 Å². The van der Waals surface area contributed by atoms with Gasteiger partial charge in [0.25, 0.3) is 0 Å². The summed E-state index contributed by atoms with van der Waals surface area (Å²) in [7, 11) is 1.85. The van der Waals surface area contributed by atoms with E-state index in [-0.39, 0.29) is 0 Å². The molecule has 1 heterocycles. The fraction of sp³-hybridized carbons (Fsp3) is 0.125. The normalized spacial score (nSPS) is 10.9. The number of benzene rings is 1. The summed E-state index contributed by atoms with van der Waals surface area (Å²) in [4.78, 5) is 0. The van der Waals surface area contributed by atoms with Gasteiger partial charge in [-0.15, -0.1) is 0 Å². The quantitative estimate of drug-likeness (QED) is 0.640. The predicted octanol–water partition coefficient (Wildman–Crippen LogP) is 2.88. The van der Waals surface area contributed by atoms with Crippen molar-refractivity contribution in [1.82, 2.24) is 9.78 Å². The highest BCUT2D eigenvalue weighted by atomic mass is 35.5. The second kappa shape index (κ2) is 2.64. The van der Waals surface area contributed by atoms with Gasteiger partial charge in [-0.2, -0.15) is 5.10 Å². The minimum Gasteiger partial charge on any atom is -0.266 e. The molecule has 0 aliphatic rings. The number of aryl methyl sites for hydroxylation is 1. The molecule has 2 rings (SSSR count). The molecule has 2 nitrogen and oxygen atoms in total. The first-order valence-corrected chi connectivity index (χ1v) is 4.22. The second-order valence-electron chi connectivity index (χ2n) is 2.58. The summed E-state index contributed by atoms with van der Waals surface area (Å²) >= 11 is 11.7. The Kier molecular flexibility index (Phi) is 1.74. The van der Waals surface area contributed by atoms with Crippen LogP contribution in [0.5, 0.6) is 0 Å². The summed E-state index contributed by atoms with van der Waals surface area (Å²) in [6.45, 7) is 0. The zero-order chi connectivity index (χ0) is 8.72. The minimum atomic E-state index is 0.495. The van der Waals surface area contributed by atoms with Crippen molar-refractivity contribution >= 4 is 34.1 Å². The van der Waals surface area contributed by atoms with Gasteiger partial charge in [-0.25, -0.2) is 0 Å². The lowest BCUT2D eigenvalue weighted by atomic mass is 10.2. The van der Waals surface area contributed by atoms with Crippen LogP contribution in [0.25, 0.3) is 10.9 Å². The molecule has 0 amide bonds. The van der Waals surface area contributed by atoms with Crippen LogP contribution in [0.4, 0.5) is 0 Å². The molecular weight excluding hydrogens is 195 g/mol. The molecule has 0 bridgehead atoms. The first kappa shape index (κ1) is 7.90. The van der Waals surface area contributed by atoms with E-state index in [0.29, 0.717) is 10.2 Å². The molecular formula is C8H6Cl2N2. The van der Waals surface area contributed by atoms with E-state index in [4.69, 9.17) is 23.2 Å². The molecule has 0 spiro atoms. The van der Waals surface area contributed by atoms with Crippen LogP contribution in [-0.2, 0) is 7.05 Å². The first-order valence-electron chi connectivity index (χ1n) is 3.46. The zero-order valence-electron chi connectivity index (χ0n) is 6.38. The van der Waals surface area contributed by atoms with Crippen molar-refractivity contribution in [2.24, 2.45) is 7.05 Å². The molecule has 0 atom stereocenters. The Morgan fingerprint density at radius 1 is 1.33 bits per heavy atom. The topological polar surface area (TPSA) is 17.8 Å². The molecule has 1 aromatic heterocycles. The molecule has 0 saturated heterocycles. The third-order valence-corrected chi connectivity index (χ3v) is 2.28. The average molecular weight is 201 g/mol. The van der Waals surface area contributed by atoms with E-state index in [0.717, 1.165) is 10.9 Å². The SMILES string of the molecule is Cn1nc(Cl)c2cc(Cl)ccc21. The summed E-state index contributed by atoms with van der Waals surface area (Å²) < 4.78 is 1.73. The molecule has 0 aliphatic heterocycles. The predicted molar refractivity (Wildman–Crippen MR) is 50.7 cm³/mol. The van der Waals surface area contributed by atoms with E-state index >= 15 is 0 Å². The monoisotopic (exact) mass is 200 g/mol. The maximum absolute atomic E-state index is 5.86. The van der Waals surface area contributed by atoms with Crippen LogP contribution >= 0.6 is 23.2 Å². The van der Waals surface area contributed by atoms with Gasteiger partial charge in [-0.3, -0.25) is 4.68 Å². The molecule has 0 N–H and O–H groups in total. The van der Waals surface area contributed by atoms with Crippen molar-refractivity contribution in [2.45, 2.75) is 0 Å². The van der Waals surface area contributed by atoms with E-state index < -0.39 is 0 Å². The smallest absolute Gasteiger partial charge is 0.158 e. The van der Waals surface area contributed by atoms with Crippen molar-refractivity contribution < 1.29 is 0 Å². The number of nitrogens with zero attached hydrogens (tertiary/aromatic N) is 2. The third-order valence-electron chi connectivity index (χ3n) is 1.77. The summed E-state index contributed by atoms with van der Waals surface area (Å²) in [5.74, 6) is 0. The van der Waals surface area contributed by atoms with Gasteiger partial charge in [-0.05, 0) is 18.2 Å². The van der Waals surface area contributed by atoms with Crippen LogP contribution < -0.4 is 0 Å². The average Bonchev–Trinajstić information content (AvgIpc) is 2.28. The Balaban J connectivity index is 2.90. The number of rotatable bonds is 0. The molecule has 62 valence electrons. The van der Waals surface area contributed by atoms with Gasteiger partial charge in [0.2, 0.25) is 0 Å².